The van der Waals surface area contributed by atoms with Crippen LogP contribution >= 0.6 is 12.6 Å². The summed E-state index contributed by atoms with van der Waals surface area (Å²) in [5.41, 5.74) is 7.48. The number of nitrogens with two attached hydrogens (primary N) is 1. The van der Waals surface area contributed by atoms with Crippen molar-refractivity contribution in [2.75, 3.05) is 19.4 Å². The van der Waals surface area contributed by atoms with Gasteiger partial charge in [-0.15, -0.1) is 0 Å². The Kier molecular flexibility index (Phi) is 13.6. The minimum atomic E-state index is -1.47. The lowest BCUT2D eigenvalue weighted by Crippen LogP contribution is -2.64. The number of amides is 3. The summed E-state index contributed by atoms with van der Waals surface area (Å²) < 4.78 is 5.51. The normalized spacial score (nSPS) is 12.8. The third-order valence-electron chi connectivity index (χ3n) is 9.24. The molecule has 0 fully saturated rings. The van der Waals surface area contributed by atoms with E-state index in [1.165, 1.54) is 19.2 Å². The number of carbonyl (C=O) groups excluding carboxylic acids is 4. The van der Waals surface area contributed by atoms with E-state index in [4.69, 9.17) is 10.5 Å². The van der Waals surface area contributed by atoms with E-state index in [-0.39, 0.29) is 30.9 Å². The minimum absolute atomic E-state index is 0.0248. The molecule has 11 heteroatoms. The second-order valence-electron chi connectivity index (χ2n) is 12.7. The Balaban J connectivity index is 1.83. The standard InChI is InChI=1S/C43H44N4O6S/c1-53-42(52)38(27-30-14-6-2-7-15-30)47(43(32-16-8-3-9-17-32,33-18-10-4-11-19-33)34-20-12-5-13-21-34)41(51)36(26-31-22-24-35(48)25-23-31)46-40(50)37(29-54)45-39(49)28-44/h2-25,36-38,48,54H,26-29,44H2,1H3,(H,45,49)(H,46,50)/t36?,37?,38-/m0/s1. The maximum absolute atomic E-state index is 16.0. The van der Waals surface area contributed by atoms with Gasteiger partial charge >= 0.3 is 5.97 Å². The van der Waals surface area contributed by atoms with Crippen molar-refractivity contribution < 1.29 is 29.0 Å². The van der Waals surface area contributed by atoms with Crippen molar-refractivity contribution in [3.8, 4) is 5.75 Å². The van der Waals surface area contributed by atoms with Gasteiger partial charge in [-0.3, -0.25) is 14.4 Å². The number of rotatable bonds is 16. The summed E-state index contributed by atoms with van der Waals surface area (Å²) in [5.74, 6) is -2.58. The average molecular weight is 745 g/mol. The Morgan fingerprint density at radius 1 is 0.685 bits per heavy atom. The van der Waals surface area contributed by atoms with Gasteiger partial charge in [0.1, 0.15) is 29.4 Å². The van der Waals surface area contributed by atoms with Crippen LogP contribution in [0.3, 0.4) is 0 Å². The summed E-state index contributed by atoms with van der Waals surface area (Å²) in [6.45, 7) is -0.352. The van der Waals surface area contributed by atoms with Crippen LogP contribution in [0.25, 0.3) is 0 Å². The van der Waals surface area contributed by atoms with Gasteiger partial charge in [0, 0.05) is 18.6 Å². The average Bonchev–Trinajstić information content (AvgIpc) is 3.22. The van der Waals surface area contributed by atoms with E-state index in [1.807, 2.05) is 121 Å². The number of phenols is 1. The second kappa shape index (κ2) is 18.7. The number of ether oxygens (including phenoxy) is 1. The summed E-state index contributed by atoms with van der Waals surface area (Å²) in [6, 6.07) is 40.2. The molecule has 5 N–H and O–H groups in total. The third-order valence-corrected chi connectivity index (χ3v) is 9.61. The monoisotopic (exact) mass is 744 g/mol. The van der Waals surface area contributed by atoms with E-state index < -0.39 is 47.4 Å². The topological polar surface area (TPSA) is 151 Å². The molecule has 0 saturated carbocycles. The first-order valence-electron chi connectivity index (χ1n) is 17.5. The van der Waals surface area contributed by atoms with Crippen molar-refractivity contribution in [2.45, 2.75) is 36.5 Å². The van der Waals surface area contributed by atoms with Crippen LogP contribution in [-0.4, -0.2) is 71.2 Å². The molecule has 0 saturated heterocycles. The van der Waals surface area contributed by atoms with Crippen LogP contribution in [0.5, 0.6) is 5.75 Å². The highest BCUT2D eigenvalue weighted by atomic mass is 32.1. The molecule has 3 atom stereocenters. The number of hydrogen-bond donors (Lipinski definition) is 5. The number of carbonyl (C=O) groups is 4. The molecule has 54 heavy (non-hydrogen) atoms. The molecule has 2 unspecified atom stereocenters. The van der Waals surface area contributed by atoms with E-state index in [0.717, 1.165) is 5.56 Å². The van der Waals surface area contributed by atoms with Crippen molar-refractivity contribution in [3.63, 3.8) is 0 Å². The molecule has 0 radical (unpaired) electrons. The molecule has 5 aromatic carbocycles. The fourth-order valence-electron chi connectivity index (χ4n) is 6.72. The fourth-order valence-corrected chi connectivity index (χ4v) is 6.97. The molecule has 278 valence electrons. The maximum atomic E-state index is 16.0. The predicted molar refractivity (Wildman–Crippen MR) is 211 cm³/mol. The SMILES string of the molecule is COC(=O)[C@H](Cc1ccccc1)N(C(=O)C(Cc1ccc(O)cc1)NC(=O)C(CS)NC(=O)CN)C(c1ccccc1)(c1ccccc1)c1ccccc1. The third kappa shape index (κ3) is 8.99. The van der Waals surface area contributed by atoms with E-state index in [9.17, 15) is 19.5 Å². The first kappa shape index (κ1) is 39.3. The van der Waals surface area contributed by atoms with E-state index in [0.29, 0.717) is 22.3 Å². The molecular formula is C43H44N4O6S. The van der Waals surface area contributed by atoms with E-state index in [2.05, 4.69) is 23.3 Å². The van der Waals surface area contributed by atoms with Crippen molar-refractivity contribution >= 4 is 36.3 Å². The van der Waals surface area contributed by atoms with Gasteiger partial charge in [-0.25, -0.2) is 4.79 Å². The lowest BCUT2D eigenvalue weighted by Gasteiger charge is -2.49. The van der Waals surface area contributed by atoms with Gasteiger partial charge in [0.25, 0.3) is 0 Å². The molecular weight excluding hydrogens is 701 g/mol. The van der Waals surface area contributed by atoms with Crippen LogP contribution < -0.4 is 16.4 Å². The number of esters is 1. The van der Waals surface area contributed by atoms with Gasteiger partial charge in [-0.1, -0.05) is 133 Å². The summed E-state index contributed by atoms with van der Waals surface area (Å²) >= 11 is 4.31. The van der Waals surface area contributed by atoms with Gasteiger partial charge in [0.05, 0.1) is 13.7 Å². The number of benzene rings is 5. The zero-order valence-corrected chi connectivity index (χ0v) is 30.8. The van der Waals surface area contributed by atoms with Crippen LogP contribution in [0, 0.1) is 0 Å². The molecule has 5 aromatic rings. The second-order valence-corrected chi connectivity index (χ2v) is 13.0. The highest BCUT2D eigenvalue weighted by molar-refractivity contribution is 7.80. The summed E-state index contributed by atoms with van der Waals surface area (Å²) in [6.07, 6.45) is 0.0262. The Hall–Kier alpha value is -5.91. The van der Waals surface area contributed by atoms with Crippen molar-refractivity contribution in [1.29, 1.82) is 0 Å². The number of aromatic hydroxyl groups is 1. The van der Waals surface area contributed by atoms with Gasteiger partial charge in [-0.2, -0.15) is 12.6 Å². The molecule has 0 heterocycles. The molecule has 0 aliphatic carbocycles. The van der Waals surface area contributed by atoms with E-state index in [1.54, 1.807) is 17.0 Å². The van der Waals surface area contributed by atoms with Crippen molar-refractivity contribution in [1.82, 2.24) is 15.5 Å². The highest BCUT2D eigenvalue weighted by Gasteiger charge is 2.51. The Labute approximate surface area is 320 Å². The first-order chi connectivity index (χ1) is 26.2. The van der Waals surface area contributed by atoms with Crippen LogP contribution in [0.1, 0.15) is 27.8 Å². The van der Waals surface area contributed by atoms with Crippen LogP contribution in [0.4, 0.5) is 0 Å². The Morgan fingerprint density at radius 3 is 1.59 bits per heavy atom. The molecule has 0 spiro atoms. The van der Waals surface area contributed by atoms with E-state index >= 15 is 4.79 Å². The van der Waals surface area contributed by atoms with Crippen LogP contribution in [0.15, 0.2) is 146 Å². The molecule has 0 bridgehead atoms. The minimum Gasteiger partial charge on any atom is -0.508 e. The number of hydrogen-bond acceptors (Lipinski definition) is 8. The smallest absolute Gasteiger partial charge is 0.328 e. The molecule has 0 aliphatic rings. The van der Waals surface area contributed by atoms with Crippen LogP contribution in [0.2, 0.25) is 0 Å². The van der Waals surface area contributed by atoms with Crippen molar-refractivity contribution in [2.24, 2.45) is 5.73 Å². The van der Waals surface area contributed by atoms with Gasteiger partial charge < -0.3 is 31.1 Å². The lowest BCUT2D eigenvalue weighted by atomic mass is 9.74. The first-order valence-corrected chi connectivity index (χ1v) is 18.2. The molecule has 3 amide bonds. The van der Waals surface area contributed by atoms with Crippen LogP contribution in [-0.2, 0) is 42.3 Å². The molecule has 10 nitrogen and oxygen atoms in total. The number of nitrogens with zero attached hydrogens (tertiary/aromatic N) is 1. The van der Waals surface area contributed by atoms with Gasteiger partial charge in [-0.05, 0) is 39.9 Å². The van der Waals surface area contributed by atoms with Crippen molar-refractivity contribution in [3.05, 3.63) is 173 Å². The molecule has 5 rings (SSSR count). The summed E-state index contributed by atoms with van der Waals surface area (Å²) in [7, 11) is 1.28. The number of methoxy groups -OCH3 is 1. The fraction of sp³-hybridized carbons (Fsp3) is 0.209. The zero-order valence-electron chi connectivity index (χ0n) is 29.9. The lowest BCUT2D eigenvalue weighted by molar-refractivity contribution is -0.158. The molecule has 0 aliphatic heterocycles. The zero-order chi connectivity index (χ0) is 38.5. The quantitative estimate of drug-likeness (QED) is 0.0571. The number of phenolic OH excluding ortho intramolecular Hbond substituents is 1. The van der Waals surface area contributed by atoms with Gasteiger partial charge in [0.2, 0.25) is 17.7 Å². The Morgan fingerprint density at radius 2 is 1.15 bits per heavy atom. The predicted octanol–water partition coefficient (Wildman–Crippen LogP) is 4.40. The number of thiol groups is 1. The summed E-state index contributed by atoms with van der Waals surface area (Å²) in [4.78, 5) is 58.2. The number of nitrogens with one attached hydrogen (secondary N) is 2. The molecule has 0 aromatic heterocycles. The largest absolute Gasteiger partial charge is 0.508 e. The highest BCUT2D eigenvalue weighted by Crippen LogP contribution is 2.45. The Bertz CT molecular complexity index is 1890. The summed E-state index contributed by atoms with van der Waals surface area (Å²) in [5, 5.41) is 15.5. The van der Waals surface area contributed by atoms with Gasteiger partial charge in [0.15, 0.2) is 0 Å². The maximum Gasteiger partial charge on any atom is 0.328 e.